The molecule has 0 bridgehead atoms. The molecule has 2 rings (SSSR count). The Morgan fingerprint density at radius 2 is 1.94 bits per heavy atom. The van der Waals surface area contributed by atoms with Gasteiger partial charge in [0.2, 0.25) is 0 Å². The molecule has 90 valence electrons. The van der Waals surface area contributed by atoms with E-state index in [0.29, 0.717) is 24.7 Å². The minimum absolute atomic E-state index is 0.0171. The molecule has 0 spiro atoms. The van der Waals surface area contributed by atoms with Gasteiger partial charge in [0, 0.05) is 12.5 Å². The van der Waals surface area contributed by atoms with E-state index in [0.717, 1.165) is 0 Å². The topological polar surface area (TPSA) is 76.4 Å². The van der Waals surface area contributed by atoms with Crippen LogP contribution in [0.15, 0.2) is 23.1 Å². The van der Waals surface area contributed by atoms with Gasteiger partial charge in [0.15, 0.2) is 21.3 Å². The van der Waals surface area contributed by atoms with Crippen LogP contribution in [0.25, 0.3) is 0 Å². The molecule has 17 heavy (non-hydrogen) atoms. The summed E-state index contributed by atoms with van der Waals surface area (Å²) in [4.78, 5) is 0.164. The normalized spacial score (nSPS) is 14.1. The molecule has 0 unspecified atom stereocenters. The van der Waals surface area contributed by atoms with Gasteiger partial charge < -0.3 is 9.47 Å². The molecule has 0 saturated carbocycles. The van der Waals surface area contributed by atoms with Gasteiger partial charge in [0.1, 0.15) is 13.2 Å². The molecule has 0 aromatic heterocycles. The van der Waals surface area contributed by atoms with Crippen LogP contribution in [-0.4, -0.2) is 27.4 Å². The Balaban J connectivity index is 2.31. The molecular formula is C11H11NO4S. The first-order valence-corrected chi connectivity index (χ1v) is 6.78. The third kappa shape index (κ3) is 2.50. The molecule has 0 saturated heterocycles. The fourth-order valence-electron chi connectivity index (χ4n) is 1.51. The van der Waals surface area contributed by atoms with Crippen LogP contribution >= 0.6 is 0 Å². The van der Waals surface area contributed by atoms with Gasteiger partial charge in [-0.2, -0.15) is 5.26 Å². The molecule has 0 atom stereocenters. The van der Waals surface area contributed by atoms with Crippen molar-refractivity contribution in [1.82, 2.24) is 0 Å². The van der Waals surface area contributed by atoms with Crippen molar-refractivity contribution in [3.8, 4) is 17.6 Å². The lowest BCUT2D eigenvalue weighted by Gasteiger charge is -2.18. The summed E-state index contributed by atoms with van der Waals surface area (Å²) < 4.78 is 34.3. The molecule has 1 aliphatic heterocycles. The highest BCUT2D eigenvalue weighted by molar-refractivity contribution is 7.91. The summed E-state index contributed by atoms with van der Waals surface area (Å²) in [6, 6.07) is 6.32. The summed E-state index contributed by atoms with van der Waals surface area (Å²) in [6.45, 7) is 0.877. The minimum atomic E-state index is -3.41. The number of ether oxygens (including phenoxy) is 2. The molecule has 0 aliphatic carbocycles. The second-order valence-electron chi connectivity index (χ2n) is 3.53. The van der Waals surface area contributed by atoms with Gasteiger partial charge in [-0.3, -0.25) is 0 Å². The molecule has 1 aliphatic rings. The van der Waals surface area contributed by atoms with Gasteiger partial charge in [-0.1, -0.05) is 0 Å². The number of sulfone groups is 1. The summed E-state index contributed by atoms with van der Waals surface area (Å²) in [5.74, 6) is 0.813. The number of fused-ring (bicyclic) bond motifs is 1. The third-order valence-corrected chi connectivity index (χ3v) is 4.07. The summed E-state index contributed by atoms with van der Waals surface area (Å²) in [6.07, 6.45) is -0.0171. The van der Waals surface area contributed by atoms with E-state index in [-0.39, 0.29) is 17.1 Å². The van der Waals surface area contributed by atoms with Crippen LogP contribution in [0.3, 0.4) is 0 Å². The van der Waals surface area contributed by atoms with E-state index in [1.807, 2.05) is 6.07 Å². The molecule has 1 aromatic carbocycles. The maximum atomic E-state index is 11.8. The highest BCUT2D eigenvalue weighted by atomic mass is 32.2. The Labute approximate surface area is 99.5 Å². The van der Waals surface area contributed by atoms with Crippen LogP contribution in [-0.2, 0) is 9.84 Å². The second-order valence-corrected chi connectivity index (χ2v) is 5.64. The Morgan fingerprint density at radius 3 is 2.65 bits per heavy atom. The van der Waals surface area contributed by atoms with Crippen LogP contribution < -0.4 is 9.47 Å². The lowest BCUT2D eigenvalue weighted by molar-refractivity contribution is 0.171. The Kier molecular flexibility index (Phi) is 3.20. The van der Waals surface area contributed by atoms with E-state index in [1.54, 1.807) is 6.07 Å². The number of nitriles is 1. The number of benzene rings is 1. The van der Waals surface area contributed by atoms with Crippen molar-refractivity contribution in [3.63, 3.8) is 0 Å². The van der Waals surface area contributed by atoms with Crippen molar-refractivity contribution >= 4 is 9.84 Å². The quantitative estimate of drug-likeness (QED) is 0.807. The molecular weight excluding hydrogens is 242 g/mol. The third-order valence-electron chi connectivity index (χ3n) is 2.36. The summed E-state index contributed by atoms with van der Waals surface area (Å²) in [7, 11) is -3.41. The van der Waals surface area contributed by atoms with E-state index in [4.69, 9.17) is 14.7 Å². The van der Waals surface area contributed by atoms with Gasteiger partial charge in [-0.25, -0.2) is 8.42 Å². The molecule has 1 heterocycles. The summed E-state index contributed by atoms with van der Waals surface area (Å²) in [5, 5.41) is 8.41. The number of rotatable bonds is 3. The first-order valence-electron chi connectivity index (χ1n) is 5.13. The van der Waals surface area contributed by atoms with Gasteiger partial charge in [0.25, 0.3) is 0 Å². The van der Waals surface area contributed by atoms with Crippen molar-refractivity contribution in [2.45, 2.75) is 11.3 Å². The standard InChI is InChI=1S/C11H11NO4S/c12-4-1-7-17(13,14)9-2-3-10-11(8-9)16-6-5-15-10/h2-3,8H,1,5-7H2. The maximum absolute atomic E-state index is 11.8. The van der Waals surface area contributed by atoms with E-state index >= 15 is 0 Å². The van der Waals surface area contributed by atoms with E-state index in [2.05, 4.69) is 0 Å². The molecule has 6 heteroatoms. The van der Waals surface area contributed by atoms with Crippen molar-refractivity contribution in [3.05, 3.63) is 18.2 Å². The average molecular weight is 253 g/mol. The Bertz CT molecular complexity index is 559. The zero-order chi connectivity index (χ0) is 12.3. The van der Waals surface area contributed by atoms with Gasteiger partial charge in [-0.15, -0.1) is 0 Å². The average Bonchev–Trinajstić information content (AvgIpc) is 2.36. The van der Waals surface area contributed by atoms with E-state index in [1.165, 1.54) is 12.1 Å². The largest absolute Gasteiger partial charge is 0.486 e. The van der Waals surface area contributed by atoms with Crippen LogP contribution in [0, 0.1) is 11.3 Å². The van der Waals surface area contributed by atoms with Crippen LogP contribution in [0.4, 0.5) is 0 Å². The number of hydrogen-bond donors (Lipinski definition) is 0. The maximum Gasteiger partial charge on any atom is 0.179 e. The fraction of sp³-hybridized carbons (Fsp3) is 0.364. The summed E-state index contributed by atoms with van der Waals surface area (Å²) in [5.41, 5.74) is 0. The molecule has 5 nitrogen and oxygen atoms in total. The van der Waals surface area contributed by atoms with Crippen molar-refractivity contribution in [1.29, 1.82) is 5.26 Å². The molecule has 0 radical (unpaired) electrons. The molecule has 1 aromatic rings. The molecule has 0 N–H and O–H groups in total. The molecule has 0 fully saturated rings. The van der Waals surface area contributed by atoms with E-state index in [9.17, 15) is 8.42 Å². The zero-order valence-electron chi connectivity index (χ0n) is 9.05. The monoisotopic (exact) mass is 253 g/mol. The highest BCUT2D eigenvalue weighted by Gasteiger charge is 2.18. The van der Waals surface area contributed by atoms with Crippen LogP contribution in [0.1, 0.15) is 6.42 Å². The smallest absolute Gasteiger partial charge is 0.179 e. The second kappa shape index (κ2) is 4.63. The van der Waals surface area contributed by atoms with E-state index < -0.39 is 9.84 Å². The number of nitrogens with zero attached hydrogens (tertiary/aromatic N) is 1. The van der Waals surface area contributed by atoms with Crippen molar-refractivity contribution in [2.24, 2.45) is 0 Å². The minimum Gasteiger partial charge on any atom is -0.486 e. The lowest BCUT2D eigenvalue weighted by Crippen LogP contribution is -2.16. The van der Waals surface area contributed by atoms with Gasteiger partial charge in [0.05, 0.1) is 16.7 Å². The molecule has 0 amide bonds. The first-order chi connectivity index (χ1) is 8.13. The number of hydrogen-bond acceptors (Lipinski definition) is 5. The van der Waals surface area contributed by atoms with Crippen LogP contribution in [0.5, 0.6) is 11.5 Å². The SMILES string of the molecule is N#CCCS(=O)(=O)c1ccc2c(c1)OCCO2. The Hall–Kier alpha value is -1.74. The lowest BCUT2D eigenvalue weighted by atomic mass is 10.3. The Morgan fingerprint density at radius 1 is 1.24 bits per heavy atom. The van der Waals surface area contributed by atoms with Crippen LogP contribution in [0.2, 0.25) is 0 Å². The predicted octanol–water partition coefficient (Wildman–Crippen LogP) is 1.15. The van der Waals surface area contributed by atoms with Crippen molar-refractivity contribution < 1.29 is 17.9 Å². The van der Waals surface area contributed by atoms with Crippen molar-refractivity contribution in [2.75, 3.05) is 19.0 Å². The summed E-state index contributed by atoms with van der Waals surface area (Å²) >= 11 is 0. The van der Waals surface area contributed by atoms with Gasteiger partial charge >= 0.3 is 0 Å². The predicted molar refractivity (Wildman–Crippen MR) is 59.7 cm³/mol. The zero-order valence-corrected chi connectivity index (χ0v) is 9.87. The fourth-order valence-corrected chi connectivity index (χ4v) is 2.67. The first kappa shape index (κ1) is 11.7. The van der Waals surface area contributed by atoms with Gasteiger partial charge in [-0.05, 0) is 12.1 Å². The highest BCUT2D eigenvalue weighted by Crippen LogP contribution is 2.32.